The first-order valence-corrected chi connectivity index (χ1v) is 14.3. The second-order valence-corrected chi connectivity index (χ2v) is 11.7. The highest BCUT2D eigenvalue weighted by Crippen LogP contribution is 2.48. The first-order valence-electron chi connectivity index (χ1n) is 13.5. The number of benzene rings is 1. The number of anilines is 2. The molecule has 2 aliphatic heterocycles. The van der Waals surface area contributed by atoms with Gasteiger partial charge in [-0.3, -0.25) is 19.1 Å². The van der Waals surface area contributed by atoms with E-state index >= 15 is 0 Å². The SMILES string of the molecule is NC(=O)c1nn(CC(=O)N2C3C[C@@H]3C[C@H]2C(=O)Nc2cccc(Br)n2)c2ccc(NC(=O)N3CCCC(F)(F)C3)cc12. The molecule has 1 saturated carbocycles. The molecule has 2 saturated heterocycles. The number of nitrogens with two attached hydrogens (primary N) is 1. The lowest BCUT2D eigenvalue weighted by molar-refractivity contribution is -0.138. The van der Waals surface area contributed by atoms with Crippen LogP contribution in [0, 0.1) is 5.92 Å². The lowest BCUT2D eigenvalue weighted by Gasteiger charge is -2.32. The molecule has 1 unspecified atom stereocenters. The highest BCUT2D eigenvalue weighted by Gasteiger charge is 2.56. The number of halogens is 3. The second kappa shape index (κ2) is 10.6. The summed E-state index contributed by atoms with van der Waals surface area (Å²) in [7, 11) is 0. The standard InChI is InChI=1S/C27H27BrF2N8O4/c28-20-3-1-4-21(33-20)34-25(41)19-10-14-9-18(14)38(19)22(39)12-37-17-6-5-15(11-16(17)23(35-37)24(31)40)32-26(42)36-8-2-7-27(29,30)13-36/h1,3-6,11,14,18-19H,2,7-10,12-13H2,(H2,31,40)(H,32,42)(H,33,34,41)/t14-,18?,19+/m1/s1. The first kappa shape index (κ1) is 28.0. The number of likely N-dealkylation sites (tertiary alicyclic amines) is 2. The van der Waals surface area contributed by atoms with Crippen LogP contribution in [0.15, 0.2) is 41.0 Å². The van der Waals surface area contributed by atoms with Gasteiger partial charge < -0.3 is 26.2 Å². The average molecular weight is 645 g/mol. The van der Waals surface area contributed by atoms with Crippen LogP contribution in [0.4, 0.5) is 25.1 Å². The van der Waals surface area contributed by atoms with E-state index in [1.807, 2.05) is 0 Å². The summed E-state index contributed by atoms with van der Waals surface area (Å²) >= 11 is 3.27. The Morgan fingerprint density at radius 3 is 2.67 bits per heavy atom. The normalized spacial score (nSPS) is 22.5. The Balaban J connectivity index is 1.20. The van der Waals surface area contributed by atoms with E-state index in [4.69, 9.17) is 5.73 Å². The number of pyridine rings is 1. The third-order valence-corrected chi connectivity index (χ3v) is 8.30. The Kier molecular flexibility index (Phi) is 7.07. The van der Waals surface area contributed by atoms with Crippen molar-refractivity contribution in [1.82, 2.24) is 24.6 Å². The highest BCUT2D eigenvalue weighted by molar-refractivity contribution is 9.10. The van der Waals surface area contributed by atoms with E-state index in [1.165, 1.54) is 16.8 Å². The topological polar surface area (TPSA) is 156 Å². The molecular formula is C27H27BrF2N8O4. The number of amides is 5. The third-order valence-electron chi connectivity index (χ3n) is 7.86. The van der Waals surface area contributed by atoms with Crippen LogP contribution in [0.2, 0.25) is 0 Å². The summed E-state index contributed by atoms with van der Waals surface area (Å²) in [6.07, 6.45) is 1.26. The summed E-state index contributed by atoms with van der Waals surface area (Å²) in [6.45, 7) is -0.724. The Hall–Kier alpha value is -4.14. The van der Waals surface area contributed by atoms with Crippen molar-refractivity contribution in [3.63, 3.8) is 0 Å². The smallest absolute Gasteiger partial charge is 0.322 e. The molecule has 2 aromatic heterocycles. The summed E-state index contributed by atoms with van der Waals surface area (Å²) in [6, 6.07) is 8.28. The lowest BCUT2D eigenvalue weighted by Crippen LogP contribution is -2.47. The largest absolute Gasteiger partial charge is 0.364 e. The number of primary amides is 1. The maximum Gasteiger partial charge on any atom is 0.322 e. The zero-order chi connectivity index (χ0) is 29.8. The monoisotopic (exact) mass is 644 g/mol. The van der Waals surface area contributed by atoms with Crippen LogP contribution in [-0.2, 0) is 16.1 Å². The minimum atomic E-state index is -2.95. The van der Waals surface area contributed by atoms with Gasteiger partial charge in [0, 0.05) is 30.1 Å². The van der Waals surface area contributed by atoms with Crippen LogP contribution in [0.3, 0.4) is 0 Å². The molecule has 4 N–H and O–H groups in total. The molecule has 1 aromatic carbocycles. The summed E-state index contributed by atoms with van der Waals surface area (Å²) in [5.74, 6) is -3.86. The van der Waals surface area contributed by atoms with E-state index < -0.39 is 30.4 Å². The minimum absolute atomic E-state index is 0.0508. The minimum Gasteiger partial charge on any atom is -0.364 e. The summed E-state index contributed by atoms with van der Waals surface area (Å²) in [5.41, 5.74) is 6.12. The molecule has 220 valence electrons. The second-order valence-electron chi connectivity index (χ2n) is 10.9. The van der Waals surface area contributed by atoms with Gasteiger partial charge in [0.15, 0.2) is 5.69 Å². The van der Waals surface area contributed by atoms with Crippen LogP contribution >= 0.6 is 15.9 Å². The number of rotatable bonds is 6. The summed E-state index contributed by atoms with van der Waals surface area (Å²) in [5, 5.41) is 9.93. The quantitative estimate of drug-likeness (QED) is 0.350. The number of aromatic nitrogens is 3. The molecule has 5 amide bonds. The van der Waals surface area contributed by atoms with Gasteiger partial charge in [0.05, 0.1) is 12.1 Å². The molecule has 42 heavy (non-hydrogen) atoms. The third kappa shape index (κ3) is 5.52. The van der Waals surface area contributed by atoms with Gasteiger partial charge in [0.2, 0.25) is 11.8 Å². The van der Waals surface area contributed by atoms with Crippen molar-refractivity contribution in [3.05, 3.63) is 46.7 Å². The van der Waals surface area contributed by atoms with Gasteiger partial charge in [-0.05, 0) is 71.4 Å². The van der Waals surface area contributed by atoms with Crippen LogP contribution in [0.5, 0.6) is 0 Å². The van der Waals surface area contributed by atoms with Gasteiger partial charge in [-0.25, -0.2) is 18.6 Å². The fraction of sp³-hybridized carbons (Fsp3) is 0.407. The first-order chi connectivity index (χ1) is 20.0. The predicted octanol–water partition coefficient (Wildman–Crippen LogP) is 3.18. The van der Waals surface area contributed by atoms with Crippen molar-refractivity contribution in [2.45, 2.75) is 50.2 Å². The highest BCUT2D eigenvalue weighted by atomic mass is 79.9. The molecule has 6 rings (SSSR count). The number of fused-ring (bicyclic) bond motifs is 2. The summed E-state index contributed by atoms with van der Waals surface area (Å²) < 4.78 is 29.5. The van der Waals surface area contributed by atoms with Gasteiger partial charge in [-0.2, -0.15) is 5.10 Å². The fourth-order valence-corrected chi connectivity index (χ4v) is 6.19. The van der Waals surface area contributed by atoms with E-state index in [-0.39, 0.29) is 66.5 Å². The molecule has 12 nitrogen and oxygen atoms in total. The number of piperidine rings is 2. The van der Waals surface area contributed by atoms with Crippen molar-refractivity contribution in [2.75, 3.05) is 23.7 Å². The number of alkyl halides is 2. The van der Waals surface area contributed by atoms with Crippen LogP contribution in [0.25, 0.3) is 10.9 Å². The molecule has 1 aliphatic carbocycles. The Morgan fingerprint density at radius 1 is 1.12 bits per heavy atom. The van der Waals surface area contributed by atoms with E-state index in [0.717, 1.165) is 11.3 Å². The maximum atomic E-state index is 13.8. The average Bonchev–Trinajstić information content (AvgIpc) is 3.43. The Morgan fingerprint density at radius 2 is 1.93 bits per heavy atom. The molecule has 4 heterocycles. The summed E-state index contributed by atoms with van der Waals surface area (Å²) in [4.78, 5) is 58.4. The molecule has 15 heteroatoms. The van der Waals surface area contributed by atoms with Crippen molar-refractivity contribution >= 4 is 62.1 Å². The van der Waals surface area contributed by atoms with E-state index in [0.29, 0.717) is 22.4 Å². The molecule has 3 aliphatic rings. The number of carbonyl (C=O) groups excluding carboxylic acids is 4. The Bertz CT molecular complexity index is 1610. The van der Waals surface area contributed by atoms with Gasteiger partial charge in [-0.15, -0.1) is 0 Å². The molecule has 3 fully saturated rings. The zero-order valence-electron chi connectivity index (χ0n) is 22.2. The van der Waals surface area contributed by atoms with Crippen LogP contribution < -0.4 is 16.4 Å². The van der Waals surface area contributed by atoms with E-state index in [9.17, 15) is 28.0 Å². The number of nitrogens with zero attached hydrogens (tertiary/aromatic N) is 5. The molecule has 0 bridgehead atoms. The van der Waals surface area contributed by atoms with E-state index in [1.54, 1.807) is 29.2 Å². The van der Waals surface area contributed by atoms with Crippen LogP contribution in [-0.4, -0.2) is 79.4 Å². The molecule has 3 atom stereocenters. The number of hydrogen-bond donors (Lipinski definition) is 3. The van der Waals surface area contributed by atoms with Gasteiger partial charge >= 0.3 is 6.03 Å². The maximum absolute atomic E-state index is 13.8. The number of urea groups is 1. The van der Waals surface area contributed by atoms with Crippen molar-refractivity contribution < 1.29 is 28.0 Å². The van der Waals surface area contributed by atoms with E-state index in [2.05, 4.69) is 36.6 Å². The lowest BCUT2D eigenvalue weighted by atomic mass is 10.1. The fourth-order valence-electron chi connectivity index (χ4n) is 5.85. The van der Waals surface area contributed by atoms with Crippen molar-refractivity contribution in [2.24, 2.45) is 11.7 Å². The molecule has 0 radical (unpaired) electrons. The molecular weight excluding hydrogens is 618 g/mol. The van der Waals surface area contributed by atoms with Crippen molar-refractivity contribution in [1.29, 1.82) is 0 Å². The van der Waals surface area contributed by atoms with Gasteiger partial charge in [-0.1, -0.05) is 6.07 Å². The van der Waals surface area contributed by atoms with Crippen LogP contribution in [0.1, 0.15) is 36.2 Å². The number of carbonyl (C=O) groups is 4. The number of hydrogen-bond acceptors (Lipinski definition) is 6. The molecule has 0 spiro atoms. The predicted molar refractivity (Wildman–Crippen MR) is 151 cm³/mol. The van der Waals surface area contributed by atoms with Gasteiger partial charge in [0.25, 0.3) is 11.8 Å². The van der Waals surface area contributed by atoms with Gasteiger partial charge in [0.1, 0.15) is 23.0 Å². The molecule has 3 aromatic rings. The number of nitrogens with one attached hydrogen (secondary N) is 2. The Labute approximate surface area is 246 Å². The zero-order valence-corrected chi connectivity index (χ0v) is 23.8. The van der Waals surface area contributed by atoms with Crippen molar-refractivity contribution in [3.8, 4) is 0 Å².